The van der Waals surface area contributed by atoms with Crippen molar-refractivity contribution in [3.8, 4) is 0 Å². The maximum atomic E-state index is 6.21. The summed E-state index contributed by atoms with van der Waals surface area (Å²) in [6.45, 7) is 0. The minimum absolute atomic E-state index is 0.888. The Labute approximate surface area is 259 Å². The van der Waals surface area contributed by atoms with Crippen LogP contribution in [0.25, 0.3) is 73.1 Å². The van der Waals surface area contributed by atoms with E-state index < -0.39 is 0 Å². The molecule has 0 atom stereocenters. The average Bonchev–Trinajstić information content (AvgIpc) is 3.76. The topological polar surface area (TPSA) is 29.3 Å². The van der Waals surface area contributed by atoms with E-state index in [1.807, 2.05) is 47.2 Å². The molecule has 0 aliphatic rings. The number of benzene rings is 6. The summed E-state index contributed by atoms with van der Waals surface area (Å²) >= 11 is 3.70. The first-order valence-corrected chi connectivity index (χ1v) is 16.2. The van der Waals surface area contributed by atoms with Gasteiger partial charge in [-0.1, -0.05) is 78.9 Å². The number of fused-ring (bicyclic) bond motifs is 11. The molecule has 6 aromatic carbocycles. The lowest BCUT2D eigenvalue weighted by Gasteiger charge is -2.26. The van der Waals surface area contributed by atoms with Gasteiger partial charge in [-0.3, -0.25) is 4.98 Å². The lowest BCUT2D eigenvalue weighted by molar-refractivity contribution is 0.669. The number of para-hydroxylation sites is 1. The van der Waals surface area contributed by atoms with Gasteiger partial charge in [0.15, 0.2) is 0 Å². The van der Waals surface area contributed by atoms with Crippen LogP contribution in [0.1, 0.15) is 0 Å². The summed E-state index contributed by atoms with van der Waals surface area (Å²) in [6, 6.07) is 43.4. The highest BCUT2D eigenvalue weighted by Gasteiger charge is 2.21. The van der Waals surface area contributed by atoms with Gasteiger partial charge in [-0.25, -0.2) is 0 Å². The first-order chi connectivity index (χ1) is 21.8. The number of rotatable bonds is 3. The van der Waals surface area contributed by atoms with Crippen LogP contribution >= 0.6 is 22.7 Å². The average molecular weight is 599 g/mol. The third-order valence-electron chi connectivity index (χ3n) is 8.73. The lowest BCUT2D eigenvalue weighted by Crippen LogP contribution is -2.10. The molecule has 3 nitrogen and oxygen atoms in total. The normalized spacial score (nSPS) is 12.1. The van der Waals surface area contributed by atoms with Gasteiger partial charge < -0.3 is 9.32 Å². The summed E-state index contributed by atoms with van der Waals surface area (Å²) in [7, 11) is 0. The van der Waals surface area contributed by atoms with Gasteiger partial charge in [-0.15, -0.1) is 22.7 Å². The molecule has 206 valence electrons. The molecule has 0 fully saturated rings. The number of aromatic nitrogens is 1. The van der Waals surface area contributed by atoms with Crippen LogP contribution in [0, 0.1) is 0 Å². The third-order valence-corrected chi connectivity index (χ3v) is 11.1. The monoisotopic (exact) mass is 598 g/mol. The van der Waals surface area contributed by atoms with Crippen LogP contribution in [0.4, 0.5) is 17.1 Å². The minimum Gasteiger partial charge on any atom is -0.456 e. The van der Waals surface area contributed by atoms with E-state index >= 15 is 0 Å². The Morgan fingerprint density at radius 3 is 2.16 bits per heavy atom. The highest BCUT2D eigenvalue weighted by molar-refractivity contribution is 7.27. The van der Waals surface area contributed by atoms with Gasteiger partial charge in [0.25, 0.3) is 0 Å². The largest absolute Gasteiger partial charge is 0.456 e. The van der Waals surface area contributed by atoms with Crippen molar-refractivity contribution in [2.24, 2.45) is 0 Å². The summed E-state index contributed by atoms with van der Waals surface area (Å²) < 4.78 is 11.3. The Bertz CT molecular complexity index is 2750. The van der Waals surface area contributed by atoms with Crippen molar-refractivity contribution in [1.82, 2.24) is 4.98 Å². The molecule has 0 saturated carbocycles. The number of hydrogen-bond donors (Lipinski definition) is 0. The Morgan fingerprint density at radius 2 is 1.20 bits per heavy atom. The molecule has 0 spiro atoms. The van der Waals surface area contributed by atoms with Crippen LogP contribution in [0.3, 0.4) is 0 Å². The van der Waals surface area contributed by atoms with Gasteiger partial charge in [0, 0.05) is 64.0 Å². The summed E-state index contributed by atoms with van der Waals surface area (Å²) in [5.74, 6) is 0. The summed E-state index contributed by atoms with van der Waals surface area (Å²) in [5.41, 5.74) is 5.03. The number of hydrogen-bond acceptors (Lipinski definition) is 5. The summed E-state index contributed by atoms with van der Waals surface area (Å²) in [5, 5.41) is 9.77. The molecule has 0 aliphatic heterocycles. The molecule has 4 heterocycles. The number of pyridine rings is 1. The maximum absolute atomic E-state index is 6.21. The van der Waals surface area contributed by atoms with E-state index in [4.69, 9.17) is 9.40 Å². The second-order valence-corrected chi connectivity index (χ2v) is 13.3. The van der Waals surface area contributed by atoms with Crippen molar-refractivity contribution in [3.05, 3.63) is 134 Å². The highest BCUT2D eigenvalue weighted by atomic mass is 32.1. The Balaban J connectivity index is 1.28. The van der Waals surface area contributed by atoms with Gasteiger partial charge >= 0.3 is 0 Å². The van der Waals surface area contributed by atoms with Crippen LogP contribution < -0.4 is 4.90 Å². The number of anilines is 3. The van der Waals surface area contributed by atoms with E-state index in [-0.39, 0.29) is 0 Å². The van der Waals surface area contributed by atoms with E-state index in [0.29, 0.717) is 0 Å². The van der Waals surface area contributed by atoms with Gasteiger partial charge in [0.1, 0.15) is 11.2 Å². The predicted octanol–water partition coefficient (Wildman–Crippen LogP) is 12.3. The number of nitrogens with zero attached hydrogens (tertiary/aromatic N) is 2. The molecule has 4 aromatic heterocycles. The van der Waals surface area contributed by atoms with Gasteiger partial charge in [-0.05, 0) is 53.2 Å². The van der Waals surface area contributed by atoms with Crippen LogP contribution in [0.15, 0.2) is 138 Å². The zero-order valence-corrected chi connectivity index (χ0v) is 25.0. The molecule has 0 amide bonds. The molecule has 44 heavy (non-hydrogen) atoms. The third kappa shape index (κ3) is 3.45. The molecular formula is C39H22N2OS2. The Hall–Kier alpha value is -5.23. The zero-order chi connectivity index (χ0) is 28.8. The molecule has 0 bridgehead atoms. The second-order valence-electron chi connectivity index (χ2n) is 11.2. The summed E-state index contributed by atoms with van der Waals surface area (Å²) in [6.07, 6.45) is 4.04. The molecule has 0 radical (unpaired) electrons. The molecule has 0 saturated heterocycles. The van der Waals surface area contributed by atoms with Crippen LogP contribution in [0.2, 0.25) is 0 Å². The molecular weight excluding hydrogens is 577 g/mol. The van der Waals surface area contributed by atoms with E-state index in [1.54, 1.807) is 0 Å². The van der Waals surface area contributed by atoms with Crippen molar-refractivity contribution in [3.63, 3.8) is 0 Å². The van der Waals surface area contributed by atoms with Crippen molar-refractivity contribution >= 4 is 113 Å². The number of furan rings is 1. The first kappa shape index (κ1) is 24.2. The quantitative estimate of drug-likeness (QED) is 0.203. The molecule has 10 rings (SSSR count). The highest BCUT2D eigenvalue weighted by Crippen LogP contribution is 2.47. The molecule has 0 aliphatic carbocycles. The molecule has 10 aromatic rings. The summed E-state index contributed by atoms with van der Waals surface area (Å²) in [4.78, 5) is 7.21. The minimum atomic E-state index is 0.888. The van der Waals surface area contributed by atoms with E-state index in [2.05, 4.69) is 114 Å². The van der Waals surface area contributed by atoms with Gasteiger partial charge in [0.2, 0.25) is 0 Å². The molecule has 0 unspecified atom stereocenters. The second kappa shape index (κ2) is 9.13. The predicted molar refractivity (Wildman–Crippen MR) is 189 cm³/mol. The molecule has 5 heteroatoms. The Kier molecular flexibility index (Phi) is 5.03. The lowest BCUT2D eigenvalue weighted by atomic mass is 10.1. The number of thiophene rings is 2. The van der Waals surface area contributed by atoms with Gasteiger partial charge in [-0.2, -0.15) is 0 Å². The molecule has 0 N–H and O–H groups in total. The fraction of sp³-hybridized carbons (Fsp3) is 0. The zero-order valence-electron chi connectivity index (χ0n) is 23.3. The van der Waals surface area contributed by atoms with Crippen molar-refractivity contribution < 1.29 is 4.42 Å². The van der Waals surface area contributed by atoms with Crippen molar-refractivity contribution in [2.45, 2.75) is 0 Å². The van der Waals surface area contributed by atoms with E-state index in [9.17, 15) is 0 Å². The van der Waals surface area contributed by atoms with Gasteiger partial charge in [0.05, 0.1) is 16.6 Å². The fourth-order valence-corrected chi connectivity index (χ4v) is 9.15. The van der Waals surface area contributed by atoms with E-state index in [0.717, 1.165) is 39.0 Å². The van der Waals surface area contributed by atoms with Crippen molar-refractivity contribution in [2.75, 3.05) is 4.90 Å². The van der Waals surface area contributed by atoms with Crippen LogP contribution in [-0.4, -0.2) is 4.98 Å². The SMILES string of the molecule is c1ccc2c(c1)ccc1c3cncc(N(c4ccc5c(c4)sc4ccccc45)c4ccc5oc6ccccc6c5c4)c3sc21. The van der Waals surface area contributed by atoms with Crippen LogP contribution in [0.5, 0.6) is 0 Å². The Morgan fingerprint density at radius 1 is 0.477 bits per heavy atom. The van der Waals surface area contributed by atoms with E-state index in [1.165, 1.54) is 51.1 Å². The first-order valence-electron chi connectivity index (χ1n) is 14.6. The van der Waals surface area contributed by atoms with Crippen molar-refractivity contribution in [1.29, 1.82) is 0 Å². The smallest absolute Gasteiger partial charge is 0.135 e. The van der Waals surface area contributed by atoms with Crippen LogP contribution in [-0.2, 0) is 0 Å². The standard InChI is InChI=1S/C39H22N2OS2/c1-2-8-26-23(7-1)13-16-30-32-21-40-22-33(39(32)44-38(26)30)41(24-15-18-35-31(19-24)27-9-3-5-11-34(27)42-35)25-14-17-29-28-10-4-6-12-36(28)43-37(29)20-25/h1-22H. The maximum Gasteiger partial charge on any atom is 0.135 e. The fourth-order valence-electron chi connectivity index (χ4n) is 6.70.